The maximum atomic E-state index is 13.6. The standard InChI is InChI=1S/C27H21F2N5O4/c1-27(37)22-16(32-25(27)36)8-13(11-30-22)12-6-7-15-17(9-12)34-18-10-19(23(34)31-15)33(2)24(35)14-4-3-5-20(21(14)18)38-26(28)29/h3-9,11,18-19,26,37H,10H2,1-2H3,(H,32,36)/t18-,19-,27?/m1/s1/i2D3. The summed E-state index contributed by atoms with van der Waals surface area (Å²) in [6, 6.07) is 9.47. The molecule has 4 aromatic rings. The van der Waals surface area contributed by atoms with Gasteiger partial charge in [-0.05, 0) is 42.8 Å². The molecule has 2 bridgehead atoms. The number of amides is 2. The van der Waals surface area contributed by atoms with E-state index >= 15 is 0 Å². The molecule has 0 radical (unpaired) electrons. The predicted molar refractivity (Wildman–Crippen MR) is 132 cm³/mol. The van der Waals surface area contributed by atoms with Crippen LogP contribution in [-0.4, -0.2) is 49.9 Å². The summed E-state index contributed by atoms with van der Waals surface area (Å²) in [6.07, 6.45) is 1.63. The summed E-state index contributed by atoms with van der Waals surface area (Å²) in [5.41, 5.74) is 1.37. The van der Waals surface area contributed by atoms with Crippen LogP contribution in [0.25, 0.3) is 22.2 Å². The molecule has 2 aromatic heterocycles. The number of hydrogen-bond donors (Lipinski definition) is 2. The van der Waals surface area contributed by atoms with Crippen LogP contribution in [-0.2, 0) is 10.4 Å². The molecule has 3 aliphatic heterocycles. The second-order valence-electron chi connectivity index (χ2n) is 9.73. The van der Waals surface area contributed by atoms with Gasteiger partial charge < -0.3 is 24.6 Å². The molecular formula is C27H21F2N5O4. The highest BCUT2D eigenvalue weighted by atomic mass is 19.3. The zero-order valence-electron chi connectivity index (χ0n) is 22.8. The summed E-state index contributed by atoms with van der Waals surface area (Å²) in [6.45, 7) is -4.62. The van der Waals surface area contributed by atoms with Gasteiger partial charge >= 0.3 is 6.61 Å². The van der Waals surface area contributed by atoms with Crippen LogP contribution in [0.2, 0.25) is 0 Å². The fourth-order valence-electron chi connectivity index (χ4n) is 5.75. The lowest BCUT2D eigenvalue weighted by Crippen LogP contribution is -2.30. The summed E-state index contributed by atoms with van der Waals surface area (Å²) in [4.78, 5) is 35.5. The number of carbonyl (C=O) groups excluding carboxylic acids is 2. The first-order chi connectivity index (χ1) is 19.4. The van der Waals surface area contributed by atoms with Crippen molar-refractivity contribution in [1.29, 1.82) is 0 Å². The number of aliphatic hydroxyl groups is 1. The maximum Gasteiger partial charge on any atom is 0.387 e. The lowest BCUT2D eigenvalue weighted by molar-refractivity contribution is -0.132. The highest BCUT2D eigenvalue weighted by molar-refractivity contribution is 6.04. The Morgan fingerprint density at radius 2 is 2.05 bits per heavy atom. The van der Waals surface area contributed by atoms with Gasteiger partial charge in [-0.2, -0.15) is 8.78 Å². The molecule has 2 aromatic carbocycles. The highest BCUT2D eigenvalue weighted by Gasteiger charge is 2.45. The minimum absolute atomic E-state index is 0.0268. The van der Waals surface area contributed by atoms with Crippen LogP contribution in [0.5, 0.6) is 5.75 Å². The number of hydrogen-bond acceptors (Lipinski definition) is 6. The maximum absolute atomic E-state index is 13.6. The van der Waals surface area contributed by atoms with Crippen LogP contribution < -0.4 is 10.1 Å². The first kappa shape index (κ1) is 19.7. The Labute approximate surface area is 218 Å². The number of nitrogens with one attached hydrogen (secondary N) is 1. The van der Waals surface area contributed by atoms with Gasteiger partial charge in [0, 0.05) is 40.4 Å². The topological polar surface area (TPSA) is 110 Å². The third kappa shape index (κ3) is 2.99. The molecule has 0 saturated carbocycles. The van der Waals surface area contributed by atoms with Gasteiger partial charge in [-0.15, -0.1) is 0 Å². The minimum atomic E-state index is -3.16. The number of anilines is 1. The summed E-state index contributed by atoms with van der Waals surface area (Å²) in [5, 5.41) is 13.1. The van der Waals surface area contributed by atoms with Crippen molar-refractivity contribution in [2.45, 2.75) is 37.6 Å². The Balaban J connectivity index is 1.43. The molecular weight excluding hydrogens is 496 g/mol. The number of aromatic nitrogens is 3. The Bertz CT molecular complexity index is 1810. The third-order valence-corrected chi connectivity index (χ3v) is 7.52. The van der Waals surface area contributed by atoms with Crippen LogP contribution in [0.4, 0.5) is 14.5 Å². The van der Waals surface area contributed by atoms with Crippen molar-refractivity contribution in [2.75, 3.05) is 12.3 Å². The summed E-state index contributed by atoms with van der Waals surface area (Å²) in [5.74, 6) is -1.29. The molecule has 0 aliphatic carbocycles. The fourth-order valence-corrected chi connectivity index (χ4v) is 5.75. The van der Waals surface area contributed by atoms with E-state index in [1.54, 1.807) is 28.8 Å². The van der Waals surface area contributed by atoms with Gasteiger partial charge in [0.05, 0.1) is 28.8 Å². The van der Waals surface area contributed by atoms with Crippen molar-refractivity contribution in [3.63, 3.8) is 0 Å². The van der Waals surface area contributed by atoms with Gasteiger partial charge in [-0.3, -0.25) is 14.6 Å². The van der Waals surface area contributed by atoms with E-state index in [0.29, 0.717) is 33.7 Å². The lowest BCUT2D eigenvalue weighted by atomic mass is 9.97. The second-order valence-corrected chi connectivity index (χ2v) is 9.73. The van der Waals surface area contributed by atoms with E-state index in [2.05, 4.69) is 15.3 Å². The molecule has 3 aliphatic rings. The van der Waals surface area contributed by atoms with Gasteiger partial charge in [0.15, 0.2) is 5.60 Å². The molecule has 2 N–H and O–H groups in total. The van der Waals surface area contributed by atoms with E-state index < -0.39 is 43.1 Å². The number of alkyl halides is 2. The van der Waals surface area contributed by atoms with Gasteiger partial charge in [0.1, 0.15) is 17.3 Å². The largest absolute Gasteiger partial charge is 0.434 e. The van der Waals surface area contributed by atoms with Crippen molar-refractivity contribution in [1.82, 2.24) is 19.4 Å². The Morgan fingerprint density at radius 1 is 1.21 bits per heavy atom. The number of benzene rings is 2. The number of imidazole rings is 1. The minimum Gasteiger partial charge on any atom is -0.434 e. The molecule has 1 unspecified atom stereocenters. The zero-order valence-corrected chi connectivity index (χ0v) is 19.8. The molecule has 192 valence electrons. The second kappa shape index (κ2) is 7.57. The number of rotatable bonds is 3. The molecule has 0 fully saturated rings. The smallest absolute Gasteiger partial charge is 0.387 e. The first-order valence-corrected chi connectivity index (χ1v) is 11.8. The summed E-state index contributed by atoms with van der Waals surface area (Å²) >= 11 is 0. The van der Waals surface area contributed by atoms with Crippen LogP contribution in [0, 0.1) is 0 Å². The van der Waals surface area contributed by atoms with E-state index in [4.69, 9.17) is 8.85 Å². The number of ether oxygens (including phenoxy) is 1. The quantitative estimate of drug-likeness (QED) is 0.423. The van der Waals surface area contributed by atoms with Crippen molar-refractivity contribution in [3.8, 4) is 16.9 Å². The van der Waals surface area contributed by atoms with Crippen molar-refractivity contribution in [3.05, 3.63) is 71.3 Å². The predicted octanol–water partition coefficient (Wildman–Crippen LogP) is 3.98. The average molecular weight is 521 g/mol. The van der Waals surface area contributed by atoms with E-state index in [1.807, 2.05) is 0 Å². The zero-order chi connectivity index (χ0) is 29.0. The molecule has 5 heterocycles. The molecule has 7 rings (SSSR count). The van der Waals surface area contributed by atoms with Gasteiger partial charge in [-0.1, -0.05) is 12.1 Å². The van der Waals surface area contributed by atoms with Crippen molar-refractivity contribution in [2.24, 2.45) is 0 Å². The molecule has 38 heavy (non-hydrogen) atoms. The van der Waals surface area contributed by atoms with Crippen LogP contribution in [0.1, 0.15) is 57.0 Å². The highest BCUT2D eigenvalue weighted by Crippen LogP contribution is 2.50. The number of halogens is 2. The van der Waals surface area contributed by atoms with E-state index in [-0.39, 0.29) is 29.0 Å². The normalized spacial score (nSPS) is 24.9. The van der Waals surface area contributed by atoms with E-state index in [9.17, 15) is 23.5 Å². The first-order valence-electron chi connectivity index (χ1n) is 13.3. The number of pyridine rings is 1. The molecule has 3 atom stereocenters. The van der Waals surface area contributed by atoms with E-state index in [0.717, 1.165) is 4.90 Å². The lowest BCUT2D eigenvalue weighted by Gasteiger charge is -2.24. The van der Waals surface area contributed by atoms with Crippen LogP contribution in [0.3, 0.4) is 0 Å². The molecule has 2 amide bonds. The average Bonchev–Trinajstić information content (AvgIpc) is 3.47. The number of nitrogens with zero attached hydrogens (tertiary/aromatic N) is 4. The number of fused-ring (bicyclic) bond motifs is 10. The van der Waals surface area contributed by atoms with Crippen LogP contribution >= 0.6 is 0 Å². The van der Waals surface area contributed by atoms with Gasteiger partial charge in [0.25, 0.3) is 11.8 Å². The molecule has 9 nitrogen and oxygen atoms in total. The van der Waals surface area contributed by atoms with Crippen molar-refractivity contribution >= 4 is 28.5 Å². The monoisotopic (exact) mass is 520 g/mol. The SMILES string of the molecule is [2H]C([2H])([2H])N1C(=O)c2cccc(OC(F)F)c2[C@H]2C[C@@H]1c1nc3ccc(-c4cnc5c(c4)NC(=O)C5(C)O)cc3n12. The van der Waals surface area contributed by atoms with Gasteiger partial charge in [0.2, 0.25) is 0 Å². The fraction of sp³-hybridized carbons (Fsp3) is 0.259. The molecule has 11 heteroatoms. The number of carbonyl (C=O) groups is 2. The third-order valence-electron chi connectivity index (χ3n) is 7.52. The van der Waals surface area contributed by atoms with Gasteiger partial charge in [-0.25, -0.2) is 4.98 Å². The van der Waals surface area contributed by atoms with Crippen molar-refractivity contribution < 1.29 is 32.3 Å². The summed E-state index contributed by atoms with van der Waals surface area (Å²) in [7, 11) is 0. The van der Waals surface area contributed by atoms with E-state index in [1.165, 1.54) is 31.3 Å². The molecule has 0 saturated heterocycles. The Morgan fingerprint density at radius 3 is 2.84 bits per heavy atom. The Kier molecular flexibility index (Phi) is 3.93. The summed E-state index contributed by atoms with van der Waals surface area (Å²) < 4.78 is 57.8. The van der Waals surface area contributed by atoms with Crippen LogP contribution in [0.15, 0.2) is 48.7 Å². The molecule has 0 spiro atoms. The Hall–Kier alpha value is -4.38.